The first-order valence-corrected chi connectivity index (χ1v) is 11.8. The second-order valence-electron chi connectivity index (χ2n) is 7.75. The Balaban J connectivity index is 1.71. The Bertz CT molecular complexity index is 1340. The van der Waals surface area contributed by atoms with E-state index in [9.17, 15) is 14.4 Å². The molecule has 3 aromatic carbocycles. The Morgan fingerprint density at radius 3 is 2.44 bits per heavy atom. The van der Waals surface area contributed by atoms with E-state index in [0.717, 1.165) is 25.2 Å². The fourth-order valence-corrected chi connectivity index (χ4v) is 4.67. The molecule has 0 aliphatic carbocycles. The Hall–Kier alpha value is -3.17. The van der Waals surface area contributed by atoms with Crippen LogP contribution in [0.4, 0.5) is 10.5 Å². The molecule has 0 spiro atoms. The average Bonchev–Trinajstić information content (AvgIpc) is 2.80. The van der Waals surface area contributed by atoms with Gasteiger partial charge in [0.25, 0.3) is 11.8 Å². The second kappa shape index (κ2) is 9.99. The maximum absolute atomic E-state index is 13.1. The zero-order valence-corrected chi connectivity index (χ0v) is 21.3. The van der Waals surface area contributed by atoms with E-state index in [1.807, 2.05) is 37.3 Å². The van der Waals surface area contributed by atoms with Crippen molar-refractivity contribution in [3.63, 3.8) is 0 Å². The monoisotopic (exact) mass is 586 g/mol. The number of aryl methyl sites for hydroxylation is 1. The minimum atomic E-state index is -0.779. The first-order chi connectivity index (χ1) is 16.3. The van der Waals surface area contributed by atoms with Gasteiger partial charge in [-0.1, -0.05) is 47.5 Å². The minimum absolute atomic E-state index is 0.142. The van der Waals surface area contributed by atoms with Crippen LogP contribution in [0.1, 0.15) is 22.3 Å². The summed E-state index contributed by atoms with van der Waals surface area (Å²) in [5, 5.41) is 2.91. The lowest BCUT2D eigenvalue weighted by Crippen LogP contribution is -2.54. The number of carbonyl (C=O) groups is 3. The molecule has 6 nitrogen and oxygen atoms in total. The van der Waals surface area contributed by atoms with Gasteiger partial charge in [-0.2, -0.15) is 0 Å². The van der Waals surface area contributed by atoms with Crippen molar-refractivity contribution in [3.8, 4) is 5.75 Å². The maximum atomic E-state index is 13.1. The SMILES string of the molecule is COc1cc(/C=C2\C(=O)NC(=O)N(c3ccc(C)cc3)C2=O)cc(I)c1Cc1ccccc1Cl. The third-order valence-corrected chi connectivity index (χ3v) is 6.76. The summed E-state index contributed by atoms with van der Waals surface area (Å²) in [5.41, 5.74) is 3.72. The highest BCUT2D eigenvalue weighted by molar-refractivity contribution is 14.1. The fourth-order valence-electron chi connectivity index (χ4n) is 3.65. The summed E-state index contributed by atoms with van der Waals surface area (Å²) in [4.78, 5) is 39.1. The molecule has 1 N–H and O–H groups in total. The first-order valence-electron chi connectivity index (χ1n) is 10.4. The zero-order chi connectivity index (χ0) is 24.4. The molecule has 0 unspecified atom stereocenters. The number of amides is 4. The lowest BCUT2D eigenvalue weighted by Gasteiger charge is -2.26. The molecule has 8 heteroatoms. The van der Waals surface area contributed by atoms with Gasteiger partial charge in [0.1, 0.15) is 11.3 Å². The van der Waals surface area contributed by atoms with Crippen molar-refractivity contribution in [3.05, 3.63) is 97.1 Å². The fraction of sp³-hybridized carbons (Fsp3) is 0.115. The van der Waals surface area contributed by atoms with E-state index in [-0.39, 0.29) is 5.57 Å². The lowest BCUT2D eigenvalue weighted by atomic mass is 10.0. The number of halogens is 2. The zero-order valence-electron chi connectivity index (χ0n) is 18.4. The Morgan fingerprint density at radius 1 is 1.06 bits per heavy atom. The largest absolute Gasteiger partial charge is 0.496 e. The average molecular weight is 587 g/mol. The van der Waals surface area contributed by atoms with E-state index in [4.69, 9.17) is 16.3 Å². The van der Waals surface area contributed by atoms with Gasteiger partial charge in [0, 0.05) is 20.6 Å². The number of nitrogens with one attached hydrogen (secondary N) is 1. The van der Waals surface area contributed by atoms with Crippen LogP contribution in [0.3, 0.4) is 0 Å². The molecule has 34 heavy (non-hydrogen) atoms. The van der Waals surface area contributed by atoms with E-state index in [0.29, 0.717) is 28.4 Å². The number of methoxy groups -OCH3 is 1. The van der Waals surface area contributed by atoms with Crippen molar-refractivity contribution < 1.29 is 19.1 Å². The summed E-state index contributed by atoms with van der Waals surface area (Å²) >= 11 is 8.53. The normalized spacial score (nSPS) is 15.0. The molecular formula is C26H20ClIN2O4. The quantitative estimate of drug-likeness (QED) is 0.243. The summed E-state index contributed by atoms with van der Waals surface area (Å²) in [6.07, 6.45) is 2.03. The van der Waals surface area contributed by atoms with Gasteiger partial charge in [-0.15, -0.1) is 0 Å². The highest BCUT2D eigenvalue weighted by Gasteiger charge is 2.36. The van der Waals surface area contributed by atoms with Crippen LogP contribution in [-0.2, 0) is 16.0 Å². The molecule has 172 valence electrons. The van der Waals surface area contributed by atoms with Gasteiger partial charge >= 0.3 is 6.03 Å². The number of urea groups is 1. The summed E-state index contributed by atoms with van der Waals surface area (Å²) < 4.78 is 6.50. The molecule has 0 bridgehead atoms. The Morgan fingerprint density at radius 2 is 1.76 bits per heavy atom. The Labute approximate surface area is 215 Å². The molecule has 0 aromatic heterocycles. The van der Waals surface area contributed by atoms with E-state index >= 15 is 0 Å². The van der Waals surface area contributed by atoms with E-state index in [2.05, 4.69) is 27.9 Å². The van der Waals surface area contributed by atoms with Crippen molar-refractivity contribution in [1.82, 2.24) is 5.32 Å². The number of anilines is 1. The molecule has 4 rings (SSSR count). The number of benzene rings is 3. The van der Waals surface area contributed by atoms with Gasteiger partial charge in [-0.05, 0) is 77.0 Å². The van der Waals surface area contributed by atoms with Crippen LogP contribution >= 0.6 is 34.2 Å². The number of hydrogen-bond donors (Lipinski definition) is 1. The molecular weight excluding hydrogens is 567 g/mol. The van der Waals surface area contributed by atoms with Crippen LogP contribution in [0.5, 0.6) is 5.75 Å². The molecule has 1 heterocycles. The van der Waals surface area contributed by atoms with Crippen LogP contribution in [0.2, 0.25) is 5.02 Å². The molecule has 4 amide bonds. The van der Waals surface area contributed by atoms with Crippen molar-refractivity contribution in [2.45, 2.75) is 13.3 Å². The van der Waals surface area contributed by atoms with Gasteiger partial charge in [0.15, 0.2) is 0 Å². The second-order valence-corrected chi connectivity index (χ2v) is 9.31. The highest BCUT2D eigenvalue weighted by Crippen LogP contribution is 2.32. The van der Waals surface area contributed by atoms with E-state index in [1.54, 1.807) is 37.4 Å². The summed E-state index contributed by atoms with van der Waals surface area (Å²) in [7, 11) is 1.56. The van der Waals surface area contributed by atoms with Crippen LogP contribution in [0, 0.1) is 10.5 Å². The number of barbiturate groups is 1. The van der Waals surface area contributed by atoms with Gasteiger partial charge in [-0.3, -0.25) is 14.9 Å². The van der Waals surface area contributed by atoms with Gasteiger partial charge in [-0.25, -0.2) is 9.69 Å². The van der Waals surface area contributed by atoms with Crippen LogP contribution in [0.25, 0.3) is 6.08 Å². The molecule has 0 radical (unpaired) electrons. The highest BCUT2D eigenvalue weighted by atomic mass is 127. The Kier molecular flexibility index (Phi) is 7.04. The summed E-state index contributed by atoms with van der Waals surface area (Å²) in [5.74, 6) is -0.826. The molecule has 3 aromatic rings. The van der Waals surface area contributed by atoms with Gasteiger partial charge < -0.3 is 4.74 Å². The van der Waals surface area contributed by atoms with Crippen molar-refractivity contribution in [1.29, 1.82) is 0 Å². The predicted molar refractivity (Wildman–Crippen MR) is 140 cm³/mol. The minimum Gasteiger partial charge on any atom is -0.496 e. The third kappa shape index (κ3) is 4.85. The number of nitrogens with zero attached hydrogens (tertiary/aromatic N) is 1. The van der Waals surface area contributed by atoms with Gasteiger partial charge in [0.2, 0.25) is 0 Å². The van der Waals surface area contributed by atoms with Gasteiger partial charge in [0.05, 0.1) is 12.8 Å². The number of imide groups is 2. The predicted octanol–water partition coefficient (Wildman–Crippen LogP) is 5.52. The number of carbonyl (C=O) groups excluding carboxylic acids is 3. The van der Waals surface area contributed by atoms with Crippen molar-refractivity contribution in [2.24, 2.45) is 0 Å². The topological polar surface area (TPSA) is 75.7 Å². The number of hydrogen-bond acceptors (Lipinski definition) is 4. The molecule has 1 fully saturated rings. The molecule has 1 saturated heterocycles. The number of rotatable bonds is 5. The van der Waals surface area contributed by atoms with Crippen LogP contribution < -0.4 is 15.0 Å². The summed E-state index contributed by atoms with van der Waals surface area (Å²) in [6.45, 7) is 1.90. The molecule has 1 aliphatic heterocycles. The molecule has 0 saturated carbocycles. The van der Waals surface area contributed by atoms with Crippen LogP contribution in [0.15, 0.2) is 66.2 Å². The first kappa shape index (κ1) is 24.0. The molecule has 1 aliphatic rings. The van der Waals surface area contributed by atoms with Crippen molar-refractivity contribution in [2.75, 3.05) is 12.0 Å². The van der Waals surface area contributed by atoms with Crippen LogP contribution in [-0.4, -0.2) is 25.0 Å². The smallest absolute Gasteiger partial charge is 0.335 e. The third-order valence-electron chi connectivity index (χ3n) is 5.43. The van der Waals surface area contributed by atoms with E-state index in [1.165, 1.54) is 6.08 Å². The molecule has 0 atom stereocenters. The maximum Gasteiger partial charge on any atom is 0.335 e. The van der Waals surface area contributed by atoms with Crippen molar-refractivity contribution >= 4 is 63.8 Å². The van der Waals surface area contributed by atoms with E-state index < -0.39 is 17.8 Å². The lowest BCUT2D eigenvalue weighted by molar-refractivity contribution is -0.122. The number of ether oxygens (including phenoxy) is 1. The summed E-state index contributed by atoms with van der Waals surface area (Å²) in [6, 6.07) is 17.3. The standard InChI is InChI=1S/C26H20ClIN2O4/c1-15-7-9-18(10-8-15)30-25(32)20(24(31)29-26(30)33)11-16-12-22(28)19(23(13-16)34-2)14-17-5-3-4-6-21(17)27/h3-13H,14H2,1-2H3,(H,29,31,33)/b20-11+.